The van der Waals surface area contributed by atoms with Crippen LogP contribution in [0.5, 0.6) is 0 Å². The summed E-state index contributed by atoms with van der Waals surface area (Å²) in [4.78, 5) is 23.5. The van der Waals surface area contributed by atoms with Crippen LogP contribution in [0.4, 0.5) is 5.69 Å². The van der Waals surface area contributed by atoms with Gasteiger partial charge in [-0.1, -0.05) is 26.2 Å². The minimum Gasteiger partial charge on any atom is -0.468 e. The maximum atomic E-state index is 12.3. The molecule has 1 N–H and O–H groups in total. The number of amides is 1. The molecule has 0 aromatic carbocycles. The Bertz CT molecular complexity index is 490. The first-order valence-corrected chi connectivity index (χ1v) is 6.94. The molecular formula is C14H21N3O3. The lowest BCUT2D eigenvalue weighted by atomic mass is 9.75. The maximum Gasteiger partial charge on any atom is 0.327 e. The Balaban J connectivity index is 1.96. The van der Waals surface area contributed by atoms with E-state index in [0.717, 1.165) is 25.7 Å². The minimum atomic E-state index is -0.370. The van der Waals surface area contributed by atoms with Crippen molar-refractivity contribution in [1.29, 1.82) is 0 Å². The molecule has 0 aliphatic heterocycles. The van der Waals surface area contributed by atoms with E-state index in [1.807, 2.05) is 6.92 Å². The van der Waals surface area contributed by atoms with Gasteiger partial charge in [0.1, 0.15) is 6.54 Å². The second-order valence-corrected chi connectivity index (χ2v) is 5.58. The molecule has 0 radical (unpaired) electrons. The molecule has 1 aromatic rings. The number of carbonyl (C=O) groups excluding carboxylic acids is 2. The molecule has 0 saturated heterocycles. The molecule has 0 bridgehead atoms. The molecule has 1 aliphatic rings. The fraction of sp³-hybridized carbons (Fsp3) is 0.643. The van der Waals surface area contributed by atoms with E-state index in [1.54, 1.807) is 12.4 Å². The maximum absolute atomic E-state index is 12.3. The van der Waals surface area contributed by atoms with Gasteiger partial charge in [0.2, 0.25) is 5.91 Å². The lowest BCUT2D eigenvalue weighted by molar-refractivity contribution is -0.141. The SMILES string of the molecule is COC(=O)Cn1cc(NC(=O)C2(C)CCCCC2)cn1. The van der Waals surface area contributed by atoms with E-state index >= 15 is 0 Å². The Morgan fingerprint density at radius 2 is 2.10 bits per heavy atom. The van der Waals surface area contributed by atoms with Gasteiger partial charge in [-0.2, -0.15) is 5.10 Å². The van der Waals surface area contributed by atoms with Gasteiger partial charge < -0.3 is 10.1 Å². The number of ether oxygens (including phenoxy) is 1. The Hall–Kier alpha value is -1.85. The topological polar surface area (TPSA) is 73.2 Å². The zero-order chi connectivity index (χ0) is 14.6. The third kappa shape index (κ3) is 3.37. The number of rotatable bonds is 4. The lowest BCUT2D eigenvalue weighted by Crippen LogP contribution is -2.35. The molecule has 1 saturated carbocycles. The van der Waals surface area contributed by atoms with Gasteiger partial charge in [0.25, 0.3) is 0 Å². The van der Waals surface area contributed by atoms with Crippen LogP contribution in [0, 0.1) is 5.41 Å². The van der Waals surface area contributed by atoms with Crippen molar-refractivity contribution in [2.75, 3.05) is 12.4 Å². The van der Waals surface area contributed by atoms with E-state index in [9.17, 15) is 9.59 Å². The van der Waals surface area contributed by atoms with Gasteiger partial charge in [-0.15, -0.1) is 0 Å². The highest BCUT2D eigenvalue weighted by atomic mass is 16.5. The van der Waals surface area contributed by atoms with Crippen LogP contribution in [0.3, 0.4) is 0 Å². The van der Waals surface area contributed by atoms with Crippen molar-refractivity contribution in [3.8, 4) is 0 Å². The quantitative estimate of drug-likeness (QED) is 0.855. The molecule has 20 heavy (non-hydrogen) atoms. The van der Waals surface area contributed by atoms with E-state index in [4.69, 9.17) is 0 Å². The monoisotopic (exact) mass is 279 g/mol. The Labute approximate surface area is 118 Å². The van der Waals surface area contributed by atoms with Crippen LogP contribution in [-0.2, 0) is 20.9 Å². The molecule has 0 atom stereocenters. The number of anilines is 1. The Morgan fingerprint density at radius 3 is 2.75 bits per heavy atom. The normalized spacial score (nSPS) is 17.5. The van der Waals surface area contributed by atoms with Crippen molar-refractivity contribution < 1.29 is 14.3 Å². The summed E-state index contributed by atoms with van der Waals surface area (Å²) in [5.74, 6) is -0.333. The standard InChI is InChI=1S/C14H21N3O3/c1-14(6-4-3-5-7-14)13(19)16-11-8-15-17(9-11)10-12(18)20-2/h8-9H,3-7,10H2,1-2H3,(H,16,19). The highest BCUT2D eigenvalue weighted by Gasteiger charge is 2.34. The molecule has 1 heterocycles. The molecule has 6 nitrogen and oxygen atoms in total. The third-order valence-corrected chi connectivity index (χ3v) is 3.92. The van der Waals surface area contributed by atoms with E-state index < -0.39 is 0 Å². The summed E-state index contributed by atoms with van der Waals surface area (Å²) in [6, 6.07) is 0. The van der Waals surface area contributed by atoms with E-state index in [-0.39, 0.29) is 23.8 Å². The number of hydrogen-bond acceptors (Lipinski definition) is 4. The average Bonchev–Trinajstić information content (AvgIpc) is 2.86. The average molecular weight is 279 g/mol. The number of esters is 1. The smallest absolute Gasteiger partial charge is 0.327 e. The summed E-state index contributed by atoms with van der Waals surface area (Å²) in [6.07, 6.45) is 8.45. The fourth-order valence-corrected chi connectivity index (χ4v) is 2.55. The van der Waals surface area contributed by atoms with Gasteiger partial charge in [-0.25, -0.2) is 0 Å². The van der Waals surface area contributed by atoms with Crippen molar-refractivity contribution in [2.24, 2.45) is 5.41 Å². The van der Waals surface area contributed by atoms with E-state index in [0.29, 0.717) is 5.69 Å². The highest BCUT2D eigenvalue weighted by Crippen LogP contribution is 2.36. The first kappa shape index (κ1) is 14.6. The minimum absolute atomic E-state index is 0.0369. The van der Waals surface area contributed by atoms with Crippen LogP contribution in [0.25, 0.3) is 0 Å². The zero-order valence-corrected chi connectivity index (χ0v) is 12.0. The van der Waals surface area contributed by atoms with E-state index in [1.165, 1.54) is 18.2 Å². The molecule has 1 amide bonds. The van der Waals surface area contributed by atoms with Gasteiger partial charge in [0.15, 0.2) is 0 Å². The van der Waals surface area contributed by atoms with Crippen LogP contribution < -0.4 is 5.32 Å². The number of aromatic nitrogens is 2. The molecule has 2 rings (SSSR count). The Kier molecular flexibility index (Phi) is 4.42. The van der Waals surface area contributed by atoms with Crippen molar-refractivity contribution in [3.05, 3.63) is 12.4 Å². The molecule has 1 aromatic heterocycles. The number of nitrogens with zero attached hydrogens (tertiary/aromatic N) is 2. The van der Waals surface area contributed by atoms with Gasteiger partial charge in [-0.3, -0.25) is 14.3 Å². The summed E-state index contributed by atoms with van der Waals surface area (Å²) in [5.41, 5.74) is 0.327. The number of hydrogen-bond donors (Lipinski definition) is 1. The van der Waals surface area contributed by atoms with Crippen LogP contribution in [-0.4, -0.2) is 28.8 Å². The van der Waals surface area contributed by atoms with Crippen LogP contribution in [0.2, 0.25) is 0 Å². The zero-order valence-electron chi connectivity index (χ0n) is 12.0. The fourth-order valence-electron chi connectivity index (χ4n) is 2.55. The molecule has 6 heteroatoms. The van der Waals surface area contributed by atoms with E-state index in [2.05, 4.69) is 15.2 Å². The predicted molar refractivity (Wildman–Crippen MR) is 74.1 cm³/mol. The van der Waals surface area contributed by atoms with Gasteiger partial charge in [0.05, 0.1) is 19.0 Å². The Morgan fingerprint density at radius 1 is 1.40 bits per heavy atom. The number of methoxy groups -OCH3 is 1. The summed E-state index contributed by atoms with van der Waals surface area (Å²) in [7, 11) is 1.33. The first-order valence-electron chi connectivity index (χ1n) is 6.94. The van der Waals surface area contributed by atoms with Gasteiger partial charge >= 0.3 is 5.97 Å². The second-order valence-electron chi connectivity index (χ2n) is 5.58. The van der Waals surface area contributed by atoms with Gasteiger partial charge in [-0.05, 0) is 12.8 Å². The third-order valence-electron chi connectivity index (χ3n) is 3.92. The molecule has 1 fully saturated rings. The molecule has 1 aliphatic carbocycles. The van der Waals surface area contributed by atoms with Crippen molar-refractivity contribution >= 4 is 17.6 Å². The molecule has 0 unspecified atom stereocenters. The van der Waals surface area contributed by atoms with Crippen molar-refractivity contribution in [2.45, 2.75) is 45.6 Å². The second kappa shape index (κ2) is 6.07. The van der Waals surface area contributed by atoms with Crippen molar-refractivity contribution in [1.82, 2.24) is 9.78 Å². The van der Waals surface area contributed by atoms with Crippen LogP contribution in [0.1, 0.15) is 39.0 Å². The number of nitrogens with one attached hydrogen (secondary N) is 1. The molecular weight excluding hydrogens is 258 g/mol. The summed E-state index contributed by atoms with van der Waals surface area (Å²) in [6.45, 7) is 2.06. The highest BCUT2D eigenvalue weighted by molar-refractivity contribution is 5.94. The number of carbonyl (C=O) groups is 2. The van der Waals surface area contributed by atoms with Crippen LogP contribution >= 0.6 is 0 Å². The lowest BCUT2D eigenvalue weighted by Gasteiger charge is -2.31. The summed E-state index contributed by atoms with van der Waals surface area (Å²) >= 11 is 0. The summed E-state index contributed by atoms with van der Waals surface area (Å²) in [5, 5.41) is 6.92. The largest absolute Gasteiger partial charge is 0.468 e. The summed E-state index contributed by atoms with van der Waals surface area (Å²) < 4.78 is 6.02. The molecule has 0 spiro atoms. The first-order chi connectivity index (χ1) is 9.53. The predicted octanol–water partition coefficient (Wildman–Crippen LogP) is 1.96. The van der Waals surface area contributed by atoms with Crippen LogP contribution in [0.15, 0.2) is 12.4 Å². The van der Waals surface area contributed by atoms with Gasteiger partial charge in [0, 0.05) is 11.6 Å². The van der Waals surface area contributed by atoms with Crippen molar-refractivity contribution in [3.63, 3.8) is 0 Å². The molecule has 110 valence electrons.